The van der Waals surface area contributed by atoms with Crippen LogP contribution in [0.5, 0.6) is 5.75 Å². The van der Waals surface area contributed by atoms with Crippen molar-refractivity contribution < 1.29 is 9.53 Å². The van der Waals surface area contributed by atoms with Gasteiger partial charge in [0, 0.05) is 6.42 Å². The fourth-order valence-corrected chi connectivity index (χ4v) is 3.02. The zero-order valence-corrected chi connectivity index (χ0v) is 16.0. The molecule has 0 saturated carbocycles. The van der Waals surface area contributed by atoms with Gasteiger partial charge in [-0.25, -0.2) is 0 Å². The first-order chi connectivity index (χ1) is 11.9. The van der Waals surface area contributed by atoms with Crippen molar-refractivity contribution in [3.05, 3.63) is 64.2 Å². The molecule has 2 rings (SSSR count). The Hall–Kier alpha value is -2.29. The molecule has 134 valence electrons. The van der Waals surface area contributed by atoms with E-state index in [0.717, 1.165) is 29.7 Å². The van der Waals surface area contributed by atoms with E-state index >= 15 is 0 Å². The van der Waals surface area contributed by atoms with Crippen LogP contribution in [0, 0.1) is 20.8 Å². The molecule has 0 aliphatic carbocycles. The maximum atomic E-state index is 12.4. The Morgan fingerprint density at radius 2 is 1.80 bits per heavy atom. The van der Waals surface area contributed by atoms with Gasteiger partial charge in [0.2, 0.25) is 5.91 Å². The Kier molecular flexibility index (Phi) is 6.63. The molecule has 0 saturated heterocycles. The monoisotopic (exact) mass is 339 g/mol. The van der Waals surface area contributed by atoms with Crippen molar-refractivity contribution in [2.75, 3.05) is 7.11 Å². The molecule has 1 amide bonds. The van der Waals surface area contributed by atoms with Gasteiger partial charge in [-0.1, -0.05) is 37.3 Å². The lowest BCUT2D eigenvalue weighted by Gasteiger charge is -2.19. The molecule has 0 aliphatic rings. The first-order valence-corrected chi connectivity index (χ1v) is 8.94. The predicted octanol–water partition coefficient (Wildman–Crippen LogP) is 4.82. The van der Waals surface area contributed by atoms with Crippen LogP contribution in [0.15, 0.2) is 36.4 Å². The SMILES string of the molecule is CCC(NC(=O)CCc1ccc(C)c(C)c1)c1ccc(OC)c(C)c1. The summed E-state index contributed by atoms with van der Waals surface area (Å²) in [5.74, 6) is 0.971. The summed E-state index contributed by atoms with van der Waals surface area (Å²) < 4.78 is 5.31. The van der Waals surface area contributed by atoms with Crippen LogP contribution < -0.4 is 10.1 Å². The second-order valence-corrected chi connectivity index (χ2v) is 6.68. The molecule has 25 heavy (non-hydrogen) atoms. The number of nitrogens with one attached hydrogen (secondary N) is 1. The molecule has 0 radical (unpaired) electrons. The van der Waals surface area contributed by atoms with E-state index in [9.17, 15) is 4.79 Å². The summed E-state index contributed by atoms with van der Waals surface area (Å²) in [6, 6.07) is 12.5. The Bertz CT molecular complexity index is 737. The third-order valence-corrected chi connectivity index (χ3v) is 4.78. The van der Waals surface area contributed by atoms with Crippen molar-refractivity contribution in [3.63, 3.8) is 0 Å². The van der Waals surface area contributed by atoms with Crippen molar-refractivity contribution in [1.29, 1.82) is 0 Å². The first kappa shape index (κ1) is 19.0. The van der Waals surface area contributed by atoms with Crippen LogP contribution in [0.2, 0.25) is 0 Å². The molecule has 0 spiro atoms. The first-order valence-electron chi connectivity index (χ1n) is 8.94. The number of hydrogen-bond acceptors (Lipinski definition) is 2. The minimum Gasteiger partial charge on any atom is -0.496 e. The standard InChI is InChI=1S/C22H29NO2/c1-6-20(19-10-11-21(25-5)17(4)14-19)23-22(24)12-9-18-8-7-15(2)16(3)13-18/h7-8,10-11,13-14,20H,6,9,12H2,1-5H3,(H,23,24). The smallest absolute Gasteiger partial charge is 0.220 e. The molecule has 1 unspecified atom stereocenters. The fraction of sp³-hybridized carbons (Fsp3) is 0.409. The van der Waals surface area contributed by atoms with Gasteiger partial charge in [0.05, 0.1) is 13.2 Å². The lowest BCUT2D eigenvalue weighted by Crippen LogP contribution is -2.28. The maximum absolute atomic E-state index is 12.4. The van der Waals surface area contributed by atoms with Crippen LogP contribution in [0.25, 0.3) is 0 Å². The van der Waals surface area contributed by atoms with Crippen LogP contribution in [0.3, 0.4) is 0 Å². The summed E-state index contributed by atoms with van der Waals surface area (Å²) in [4.78, 5) is 12.4. The Labute approximate surface area is 151 Å². The summed E-state index contributed by atoms with van der Waals surface area (Å²) in [5.41, 5.74) is 5.99. The molecule has 2 aromatic rings. The van der Waals surface area contributed by atoms with Crippen molar-refractivity contribution in [2.45, 2.75) is 53.0 Å². The molecule has 1 N–H and O–H groups in total. The van der Waals surface area contributed by atoms with Gasteiger partial charge in [-0.05, 0) is 67.5 Å². The Morgan fingerprint density at radius 3 is 2.40 bits per heavy atom. The molecule has 0 bridgehead atoms. The van der Waals surface area contributed by atoms with Gasteiger partial charge in [-0.3, -0.25) is 4.79 Å². The summed E-state index contributed by atoms with van der Waals surface area (Å²) in [6.45, 7) is 8.33. The van der Waals surface area contributed by atoms with Crippen LogP contribution in [-0.4, -0.2) is 13.0 Å². The molecule has 1 atom stereocenters. The number of ether oxygens (including phenoxy) is 1. The van der Waals surface area contributed by atoms with Crippen LogP contribution >= 0.6 is 0 Å². The second kappa shape index (κ2) is 8.70. The van der Waals surface area contributed by atoms with E-state index in [1.807, 2.05) is 19.1 Å². The number of carbonyl (C=O) groups excluding carboxylic acids is 1. The number of methoxy groups -OCH3 is 1. The second-order valence-electron chi connectivity index (χ2n) is 6.68. The molecule has 0 fully saturated rings. The molecule has 3 nitrogen and oxygen atoms in total. The quantitative estimate of drug-likeness (QED) is 0.785. The molecule has 0 heterocycles. The zero-order chi connectivity index (χ0) is 18.4. The maximum Gasteiger partial charge on any atom is 0.220 e. The normalized spacial score (nSPS) is 11.9. The molecule has 3 heteroatoms. The predicted molar refractivity (Wildman–Crippen MR) is 103 cm³/mol. The third kappa shape index (κ3) is 5.09. The highest BCUT2D eigenvalue weighted by Gasteiger charge is 2.14. The highest BCUT2D eigenvalue weighted by Crippen LogP contribution is 2.24. The molecular weight excluding hydrogens is 310 g/mol. The summed E-state index contributed by atoms with van der Waals surface area (Å²) in [6.07, 6.45) is 2.14. The van der Waals surface area contributed by atoms with E-state index in [0.29, 0.717) is 6.42 Å². The van der Waals surface area contributed by atoms with Gasteiger partial charge < -0.3 is 10.1 Å². The van der Waals surface area contributed by atoms with Gasteiger partial charge >= 0.3 is 0 Å². The van der Waals surface area contributed by atoms with E-state index < -0.39 is 0 Å². The highest BCUT2D eigenvalue weighted by molar-refractivity contribution is 5.76. The third-order valence-electron chi connectivity index (χ3n) is 4.78. The van der Waals surface area contributed by atoms with Crippen molar-refractivity contribution in [3.8, 4) is 5.75 Å². The van der Waals surface area contributed by atoms with Crippen molar-refractivity contribution >= 4 is 5.91 Å². The lowest BCUT2D eigenvalue weighted by atomic mass is 10.0. The fourth-order valence-electron chi connectivity index (χ4n) is 3.02. The number of amides is 1. The number of benzene rings is 2. The van der Waals surface area contributed by atoms with Crippen LogP contribution in [0.4, 0.5) is 0 Å². The minimum atomic E-state index is 0.0388. The molecule has 2 aromatic carbocycles. The van der Waals surface area contributed by atoms with Crippen LogP contribution in [0.1, 0.15) is 53.6 Å². The van der Waals surface area contributed by atoms with Gasteiger partial charge in [-0.15, -0.1) is 0 Å². The van der Waals surface area contributed by atoms with Crippen molar-refractivity contribution in [1.82, 2.24) is 5.32 Å². The van der Waals surface area contributed by atoms with Gasteiger partial charge in [-0.2, -0.15) is 0 Å². The Morgan fingerprint density at radius 1 is 1.04 bits per heavy atom. The van der Waals surface area contributed by atoms with Gasteiger partial charge in [0.25, 0.3) is 0 Å². The van der Waals surface area contributed by atoms with Gasteiger partial charge in [0.1, 0.15) is 5.75 Å². The zero-order valence-electron chi connectivity index (χ0n) is 16.0. The largest absolute Gasteiger partial charge is 0.496 e. The number of hydrogen-bond donors (Lipinski definition) is 1. The van der Waals surface area contributed by atoms with E-state index in [2.05, 4.69) is 50.4 Å². The van der Waals surface area contributed by atoms with E-state index in [-0.39, 0.29) is 11.9 Å². The van der Waals surface area contributed by atoms with Gasteiger partial charge in [0.15, 0.2) is 0 Å². The van der Waals surface area contributed by atoms with E-state index in [1.54, 1.807) is 7.11 Å². The van der Waals surface area contributed by atoms with Crippen molar-refractivity contribution in [2.24, 2.45) is 0 Å². The summed E-state index contributed by atoms with van der Waals surface area (Å²) in [7, 11) is 1.67. The van der Waals surface area contributed by atoms with E-state index in [1.165, 1.54) is 16.7 Å². The minimum absolute atomic E-state index is 0.0388. The summed E-state index contributed by atoms with van der Waals surface area (Å²) >= 11 is 0. The number of rotatable bonds is 7. The molecular formula is C22H29NO2. The highest BCUT2D eigenvalue weighted by atomic mass is 16.5. The molecule has 0 aromatic heterocycles. The number of aryl methyl sites for hydroxylation is 4. The average molecular weight is 339 g/mol. The molecule has 0 aliphatic heterocycles. The average Bonchev–Trinajstić information content (AvgIpc) is 2.60. The number of carbonyl (C=O) groups is 1. The lowest BCUT2D eigenvalue weighted by molar-refractivity contribution is -0.121. The van der Waals surface area contributed by atoms with E-state index in [4.69, 9.17) is 4.74 Å². The van der Waals surface area contributed by atoms with Crippen LogP contribution in [-0.2, 0) is 11.2 Å². The Balaban J connectivity index is 1.97. The summed E-state index contributed by atoms with van der Waals surface area (Å²) in [5, 5.41) is 3.16. The topological polar surface area (TPSA) is 38.3 Å².